The SMILES string of the molecule is [Au].[Ru].c1ccc([PH+](c2ccccc2)c2ccccc2)cc1. The first-order valence-corrected chi connectivity index (χ1v) is 7.98. The molecule has 0 aliphatic carbocycles. The van der Waals surface area contributed by atoms with Crippen molar-refractivity contribution in [2.45, 2.75) is 0 Å². The molecule has 3 aromatic rings. The van der Waals surface area contributed by atoms with Crippen LogP contribution in [0.5, 0.6) is 0 Å². The molecule has 3 aromatic carbocycles. The summed E-state index contributed by atoms with van der Waals surface area (Å²) in [6.45, 7) is 0. The molecule has 0 saturated carbocycles. The Balaban J connectivity index is 0.00000110. The molecular formula is C18H16AuPRu+. The maximum atomic E-state index is 2.24. The first kappa shape index (κ1) is 18.5. The van der Waals surface area contributed by atoms with E-state index in [1.54, 1.807) is 0 Å². The predicted octanol–water partition coefficient (Wildman–Crippen LogP) is 3.17. The summed E-state index contributed by atoms with van der Waals surface area (Å²) in [7, 11) is -0.877. The molecule has 0 aromatic heterocycles. The molecule has 0 N–H and O–H groups in total. The summed E-state index contributed by atoms with van der Waals surface area (Å²) in [6, 6.07) is 32.5. The van der Waals surface area contributed by atoms with Crippen LogP contribution in [0.3, 0.4) is 0 Å². The van der Waals surface area contributed by atoms with Gasteiger partial charge in [0.15, 0.2) is 0 Å². The zero-order chi connectivity index (χ0) is 12.9. The largest absolute Gasteiger partial charge is 0.102 e. The molecule has 111 valence electrons. The van der Waals surface area contributed by atoms with Gasteiger partial charge in [-0.05, 0) is 36.4 Å². The fraction of sp³-hybridized carbons (Fsp3) is 0. The van der Waals surface area contributed by atoms with E-state index in [0.717, 1.165) is 0 Å². The molecule has 0 aliphatic heterocycles. The summed E-state index contributed by atoms with van der Waals surface area (Å²) in [4.78, 5) is 0. The maximum Gasteiger partial charge on any atom is 0.102 e. The molecule has 0 fully saturated rings. The van der Waals surface area contributed by atoms with E-state index in [1.165, 1.54) is 15.9 Å². The van der Waals surface area contributed by atoms with Crippen LogP contribution in [0.4, 0.5) is 0 Å². The summed E-state index contributed by atoms with van der Waals surface area (Å²) in [5, 5.41) is 4.31. The summed E-state index contributed by atoms with van der Waals surface area (Å²) >= 11 is 0. The van der Waals surface area contributed by atoms with Gasteiger partial charge >= 0.3 is 0 Å². The Bertz CT molecular complexity index is 535. The Morgan fingerprint density at radius 3 is 0.905 bits per heavy atom. The maximum absolute atomic E-state index is 2.24. The molecule has 0 bridgehead atoms. The molecule has 3 rings (SSSR count). The van der Waals surface area contributed by atoms with E-state index in [1.807, 2.05) is 0 Å². The molecule has 0 unspecified atom stereocenters. The second-order valence-electron chi connectivity index (χ2n) is 4.47. The average molecular weight is 561 g/mol. The fourth-order valence-corrected chi connectivity index (χ4v) is 4.89. The van der Waals surface area contributed by atoms with Crippen molar-refractivity contribution in [2.75, 3.05) is 0 Å². The molecule has 1 radical (unpaired) electrons. The van der Waals surface area contributed by atoms with Crippen molar-refractivity contribution in [1.29, 1.82) is 0 Å². The molecule has 0 atom stereocenters. The van der Waals surface area contributed by atoms with E-state index in [9.17, 15) is 0 Å². The first-order valence-electron chi connectivity index (χ1n) is 6.48. The van der Waals surface area contributed by atoms with Crippen LogP contribution in [0, 0.1) is 0 Å². The molecule has 0 aliphatic rings. The van der Waals surface area contributed by atoms with Gasteiger partial charge in [-0.15, -0.1) is 0 Å². The van der Waals surface area contributed by atoms with Gasteiger partial charge in [0.1, 0.15) is 15.9 Å². The monoisotopic (exact) mass is 562 g/mol. The topological polar surface area (TPSA) is 0 Å². The van der Waals surface area contributed by atoms with Crippen LogP contribution in [0.25, 0.3) is 0 Å². The Morgan fingerprint density at radius 1 is 0.429 bits per heavy atom. The van der Waals surface area contributed by atoms with Crippen molar-refractivity contribution in [3.8, 4) is 0 Å². The molecular weight excluding hydrogens is 545 g/mol. The van der Waals surface area contributed by atoms with Gasteiger partial charge in [0.25, 0.3) is 0 Å². The second-order valence-corrected chi connectivity index (χ2v) is 6.96. The summed E-state index contributed by atoms with van der Waals surface area (Å²) in [5.41, 5.74) is 0. The predicted molar refractivity (Wildman–Crippen MR) is 86.5 cm³/mol. The Morgan fingerprint density at radius 2 is 0.667 bits per heavy atom. The van der Waals surface area contributed by atoms with Crippen molar-refractivity contribution in [3.05, 3.63) is 91.0 Å². The minimum atomic E-state index is -0.877. The van der Waals surface area contributed by atoms with Crippen LogP contribution in [0.1, 0.15) is 0 Å². The van der Waals surface area contributed by atoms with Crippen LogP contribution < -0.4 is 15.9 Å². The van der Waals surface area contributed by atoms with Gasteiger partial charge in [-0.1, -0.05) is 54.6 Å². The van der Waals surface area contributed by atoms with Crippen molar-refractivity contribution in [1.82, 2.24) is 0 Å². The molecule has 0 saturated heterocycles. The zero-order valence-electron chi connectivity index (χ0n) is 11.3. The van der Waals surface area contributed by atoms with Crippen LogP contribution in [-0.4, -0.2) is 0 Å². The van der Waals surface area contributed by atoms with Gasteiger partial charge in [-0.25, -0.2) is 0 Å². The van der Waals surface area contributed by atoms with E-state index in [2.05, 4.69) is 91.0 Å². The Hall–Kier alpha value is -0.546. The van der Waals surface area contributed by atoms with Crippen LogP contribution in [0.15, 0.2) is 91.0 Å². The third-order valence-electron chi connectivity index (χ3n) is 3.19. The number of benzene rings is 3. The van der Waals surface area contributed by atoms with E-state index < -0.39 is 7.92 Å². The van der Waals surface area contributed by atoms with Crippen molar-refractivity contribution in [3.63, 3.8) is 0 Å². The van der Waals surface area contributed by atoms with Gasteiger partial charge < -0.3 is 0 Å². The normalized spacial score (nSPS) is 9.57. The van der Waals surface area contributed by atoms with Gasteiger partial charge in [0.2, 0.25) is 0 Å². The third kappa shape index (κ3) is 4.71. The number of rotatable bonds is 3. The van der Waals surface area contributed by atoms with E-state index in [0.29, 0.717) is 0 Å². The molecule has 0 nitrogen and oxygen atoms in total. The second kappa shape index (κ2) is 9.47. The summed E-state index contributed by atoms with van der Waals surface area (Å²) < 4.78 is 0. The molecule has 0 amide bonds. The summed E-state index contributed by atoms with van der Waals surface area (Å²) in [6.07, 6.45) is 0. The summed E-state index contributed by atoms with van der Waals surface area (Å²) in [5.74, 6) is 0. The quantitative estimate of drug-likeness (QED) is 0.341. The van der Waals surface area contributed by atoms with Gasteiger partial charge in [-0.2, -0.15) is 0 Å². The third-order valence-corrected chi connectivity index (χ3v) is 5.92. The number of hydrogen-bond acceptors (Lipinski definition) is 0. The van der Waals surface area contributed by atoms with Crippen molar-refractivity contribution in [2.24, 2.45) is 0 Å². The zero-order valence-corrected chi connectivity index (χ0v) is 16.2. The fourth-order valence-electron chi connectivity index (χ4n) is 2.31. The molecule has 3 heteroatoms. The van der Waals surface area contributed by atoms with Gasteiger partial charge in [0, 0.05) is 41.9 Å². The van der Waals surface area contributed by atoms with E-state index >= 15 is 0 Å². The van der Waals surface area contributed by atoms with E-state index in [4.69, 9.17) is 0 Å². The molecule has 21 heavy (non-hydrogen) atoms. The smallest absolute Gasteiger partial charge is 0.0620 e. The minimum Gasteiger partial charge on any atom is -0.0620 e. The minimum absolute atomic E-state index is 0. The van der Waals surface area contributed by atoms with Gasteiger partial charge in [-0.3, -0.25) is 0 Å². The average Bonchev–Trinajstić information content (AvgIpc) is 2.51. The molecule has 0 spiro atoms. The van der Waals surface area contributed by atoms with Crippen LogP contribution in [0.2, 0.25) is 0 Å². The first-order chi connectivity index (χ1) is 9.45. The Kier molecular flexibility index (Phi) is 8.34. The van der Waals surface area contributed by atoms with Crippen LogP contribution in [-0.2, 0) is 41.9 Å². The van der Waals surface area contributed by atoms with E-state index in [-0.39, 0.29) is 41.9 Å². The van der Waals surface area contributed by atoms with Gasteiger partial charge in [0.05, 0.1) is 7.92 Å². The standard InChI is InChI=1S/C18H15P.Au.Ru/c1-4-10-16(11-5-1)19(17-12-6-2-7-13-17)18-14-8-3-9-15-18;;/h1-15H;;/p+1. The van der Waals surface area contributed by atoms with Crippen LogP contribution >= 0.6 is 7.92 Å². The van der Waals surface area contributed by atoms with Crippen molar-refractivity contribution < 1.29 is 41.9 Å². The number of hydrogen-bond donors (Lipinski definition) is 0. The van der Waals surface area contributed by atoms with Crippen molar-refractivity contribution >= 4 is 23.8 Å². The Labute approximate surface area is 156 Å². The molecule has 0 heterocycles.